The van der Waals surface area contributed by atoms with Gasteiger partial charge in [0, 0.05) is 19.8 Å². The van der Waals surface area contributed by atoms with E-state index in [2.05, 4.69) is 10.4 Å². The van der Waals surface area contributed by atoms with Crippen molar-refractivity contribution in [1.29, 1.82) is 0 Å². The van der Waals surface area contributed by atoms with Gasteiger partial charge < -0.3 is 4.90 Å². The van der Waals surface area contributed by atoms with Crippen LogP contribution in [-0.2, 0) is 0 Å². The molecule has 3 N–H and O–H groups in total. The third-order valence-corrected chi connectivity index (χ3v) is 1.80. The Bertz CT molecular complexity index is 281. The molecule has 0 radical (unpaired) electrons. The Morgan fingerprint density at radius 2 is 2.00 bits per heavy atom. The van der Waals surface area contributed by atoms with Gasteiger partial charge in [-0.25, -0.2) is 5.84 Å². The quantitative estimate of drug-likeness (QED) is 0.286. The minimum Gasteiger partial charge on any atom is -0.315 e. The molecule has 0 spiro atoms. The molecule has 1 aromatic carbocycles. The number of hydrazine groups is 1. The predicted molar refractivity (Wildman–Crippen MR) is 55.5 cm³/mol. The zero-order valence-corrected chi connectivity index (χ0v) is 7.86. The summed E-state index contributed by atoms with van der Waals surface area (Å²) in [6.07, 6.45) is 0. The van der Waals surface area contributed by atoms with E-state index < -0.39 is 0 Å². The normalized spacial score (nSPS) is 11.2. The molecule has 4 heteroatoms. The highest BCUT2D eigenvalue weighted by molar-refractivity contribution is 5.94. The van der Waals surface area contributed by atoms with Crippen molar-refractivity contribution >= 4 is 11.6 Å². The number of hydrogen-bond donors (Lipinski definition) is 2. The lowest BCUT2D eigenvalue weighted by atomic mass is 10.3. The lowest BCUT2D eigenvalue weighted by Crippen LogP contribution is -2.42. The van der Waals surface area contributed by atoms with E-state index in [1.54, 1.807) is 7.05 Å². The first kappa shape index (κ1) is 9.54. The Labute approximate surface area is 78.0 Å². The molecule has 0 aliphatic heterocycles. The molecule has 0 atom stereocenters. The lowest BCUT2D eigenvalue weighted by molar-refractivity contribution is 0.971. The second kappa shape index (κ2) is 4.47. The van der Waals surface area contributed by atoms with Crippen LogP contribution in [0.15, 0.2) is 35.3 Å². The van der Waals surface area contributed by atoms with Crippen molar-refractivity contribution in [3.63, 3.8) is 0 Å². The molecular weight excluding hydrogens is 164 g/mol. The molecule has 0 bridgehead atoms. The number of nitrogens with zero attached hydrogens (tertiary/aromatic N) is 2. The van der Waals surface area contributed by atoms with Crippen LogP contribution in [-0.4, -0.2) is 20.1 Å². The van der Waals surface area contributed by atoms with Crippen LogP contribution in [0.5, 0.6) is 0 Å². The lowest BCUT2D eigenvalue weighted by Gasteiger charge is -2.19. The van der Waals surface area contributed by atoms with E-state index in [1.807, 2.05) is 42.3 Å². The van der Waals surface area contributed by atoms with Crippen LogP contribution in [0.4, 0.5) is 5.69 Å². The maximum absolute atomic E-state index is 5.30. The molecule has 4 nitrogen and oxygen atoms in total. The smallest absolute Gasteiger partial charge is 0.212 e. The summed E-state index contributed by atoms with van der Waals surface area (Å²) in [5.41, 5.74) is 3.57. The highest BCUT2D eigenvalue weighted by atomic mass is 15.4. The van der Waals surface area contributed by atoms with E-state index in [9.17, 15) is 0 Å². The molecule has 0 aliphatic rings. The van der Waals surface area contributed by atoms with E-state index >= 15 is 0 Å². The van der Waals surface area contributed by atoms with Crippen molar-refractivity contribution in [2.75, 3.05) is 19.0 Å². The summed E-state index contributed by atoms with van der Waals surface area (Å²) in [4.78, 5) is 5.86. The van der Waals surface area contributed by atoms with Crippen molar-refractivity contribution in [1.82, 2.24) is 5.43 Å². The monoisotopic (exact) mass is 178 g/mol. The molecule has 0 heterocycles. The van der Waals surface area contributed by atoms with Gasteiger partial charge in [0.25, 0.3) is 0 Å². The van der Waals surface area contributed by atoms with Crippen LogP contribution in [0.25, 0.3) is 0 Å². The van der Waals surface area contributed by atoms with E-state index in [0.29, 0.717) is 5.96 Å². The first-order valence-electron chi connectivity index (χ1n) is 4.01. The zero-order chi connectivity index (χ0) is 9.68. The van der Waals surface area contributed by atoms with Gasteiger partial charge in [0.2, 0.25) is 5.96 Å². The fraction of sp³-hybridized carbons (Fsp3) is 0.222. The van der Waals surface area contributed by atoms with Crippen LogP contribution in [0.2, 0.25) is 0 Å². The summed E-state index contributed by atoms with van der Waals surface area (Å²) in [7, 11) is 3.59. The molecule has 70 valence electrons. The van der Waals surface area contributed by atoms with Gasteiger partial charge in [0.15, 0.2) is 0 Å². The van der Waals surface area contributed by atoms with Crippen LogP contribution in [0.1, 0.15) is 0 Å². The van der Waals surface area contributed by atoms with Crippen molar-refractivity contribution in [3.05, 3.63) is 30.3 Å². The van der Waals surface area contributed by atoms with E-state index in [0.717, 1.165) is 5.69 Å². The third kappa shape index (κ3) is 2.19. The Balaban J connectivity index is 2.85. The maximum atomic E-state index is 5.30. The van der Waals surface area contributed by atoms with Crippen molar-refractivity contribution in [2.45, 2.75) is 0 Å². The third-order valence-electron chi connectivity index (χ3n) is 1.80. The van der Waals surface area contributed by atoms with E-state index in [4.69, 9.17) is 5.84 Å². The molecule has 0 saturated heterocycles. The van der Waals surface area contributed by atoms with Crippen LogP contribution >= 0.6 is 0 Å². The standard InChI is InChI=1S/C9H14N4/c1-11-9(12-10)13(2)8-6-4-3-5-7-8/h3-7H,10H2,1-2H3,(H,11,12). The predicted octanol–water partition coefficient (Wildman–Crippen LogP) is 0.572. The number of aliphatic imine (C=N–C) groups is 1. The molecule has 0 saturated carbocycles. The van der Waals surface area contributed by atoms with E-state index in [-0.39, 0.29) is 0 Å². The molecular formula is C9H14N4. The van der Waals surface area contributed by atoms with Gasteiger partial charge >= 0.3 is 0 Å². The van der Waals surface area contributed by atoms with Crippen LogP contribution < -0.4 is 16.2 Å². The second-order valence-electron chi connectivity index (χ2n) is 2.59. The Morgan fingerprint density at radius 3 is 2.46 bits per heavy atom. The molecule has 0 amide bonds. The van der Waals surface area contributed by atoms with Gasteiger partial charge in [-0.05, 0) is 12.1 Å². The first-order valence-corrected chi connectivity index (χ1v) is 4.01. The summed E-state index contributed by atoms with van der Waals surface area (Å²) >= 11 is 0. The van der Waals surface area contributed by atoms with Gasteiger partial charge in [-0.1, -0.05) is 18.2 Å². The summed E-state index contributed by atoms with van der Waals surface area (Å²) in [5.74, 6) is 5.93. The number of hydrogen-bond acceptors (Lipinski definition) is 2. The Hall–Kier alpha value is -1.55. The van der Waals surface area contributed by atoms with Crippen molar-refractivity contribution < 1.29 is 0 Å². The highest BCUT2D eigenvalue weighted by Crippen LogP contribution is 2.10. The van der Waals surface area contributed by atoms with Crippen molar-refractivity contribution in [2.24, 2.45) is 10.8 Å². The Kier molecular flexibility index (Phi) is 3.28. The summed E-state index contributed by atoms with van der Waals surface area (Å²) in [6, 6.07) is 9.88. The average Bonchev–Trinajstić information content (AvgIpc) is 2.21. The Morgan fingerprint density at radius 1 is 1.38 bits per heavy atom. The molecule has 0 aromatic heterocycles. The van der Waals surface area contributed by atoms with Crippen LogP contribution in [0.3, 0.4) is 0 Å². The average molecular weight is 178 g/mol. The molecule has 13 heavy (non-hydrogen) atoms. The van der Waals surface area contributed by atoms with Crippen LogP contribution in [0, 0.1) is 0 Å². The van der Waals surface area contributed by atoms with E-state index in [1.165, 1.54) is 0 Å². The number of anilines is 1. The minimum atomic E-state index is 0.631. The van der Waals surface area contributed by atoms with Gasteiger partial charge in [0.1, 0.15) is 0 Å². The number of para-hydroxylation sites is 1. The molecule has 0 fully saturated rings. The van der Waals surface area contributed by atoms with Gasteiger partial charge in [-0.15, -0.1) is 0 Å². The first-order chi connectivity index (χ1) is 6.29. The van der Waals surface area contributed by atoms with Gasteiger partial charge in [-0.3, -0.25) is 10.4 Å². The molecule has 1 rings (SSSR count). The molecule has 1 aromatic rings. The second-order valence-corrected chi connectivity index (χ2v) is 2.59. The van der Waals surface area contributed by atoms with Gasteiger partial charge in [-0.2, -0.15) is 0 Å². The number of nitrogens with two attached hydrogens (primary N) is 1. The largest absolute Gasteiger partial charge is 0.315 e. The summed E-state index contributed by atoms with van der Waals surface area (Å²) in [6.45, 7) is 0. The molecule has 0 aliphatic carbocycles. The zero-order valence-electron chi connectivity index (χ0n) is 7.86. The summed E-state index contributed by atoms with van der Waals surface area (Å²) < 4.78 is 0. The molecule has 0 unspecified atom stereocenters. The van der Waals surface area contributed by atoms with Crippen molar-refractivity contribution in [3.8, 4) is 0 Å². The number of guanidine groups is 1. The van der Waals surface area contributed by atoms with Gasteiger partial charge in [0.05, 0.1) is 0 Å². The maximum Gasteiger partial charge on any atom is 0.212 e. The topological polar surface area (TPSA) is 53.6 Å². The fourth-order valence-corrected chi connectivity index (χ4v) is 1.09. The number of benzene rings is 1. The highest BCUT2D eigenvalue weighted by Gasteiger charge is 2.04. The number of nitrogens with one attached hydrogen (secondary N) is 1. The summed E-state index contributed by atoms with van der Waals surface area (Å²) in [5, 5.41) is 0. The fourth-order valence-electron chi connectivity index (χ4n) is 1.09. The number of rotatable bonds is 1. The minimum absolute atomic E-state index is 0.631. The SMILES string of the molecule is CN=C(NN)N(C)c1ccccc1.